The molecule has 2 aromatic carbocycles. The molecule has 0 spiro atoms. The van der Waals surface area contributed by atoms with Crippen molar-refractivity contribution in [1.29, 1.82) is 0 Å². The minimum atomic E-state index is -0.232. The number of aromatic nitrogens is 2. The van der Waals surface area contributed by atoms with Gasteiger partial charge in [0.25, 0.3) is 0 Å². The number of rotatable bonds is 8. The second kappa shape index (κ2) is 8.94. The first-order valence-electron chi connectivity index (χ1n) is 8.91. The number of nitrogens with one attached hydrogen (secondary N) is 2. The van der Waals surface area contributed by atoms with Crippen LogP contribution in [-0.2, 0) is 6.54 Å². The van der Waals surface area contributed by atoms with Gasteiger partial charge in [-0.05, 0) is 24.1 Å². The van der Waals surface area contributed by atoms with Crippen molar-refractivity contribution in [2.24, 2.45) is 0 Å². The van der Waals surface area contributed by atoms with E-state index in [1.807, 2.05) is 36.4 Å². The minimum Gasteiger partial charge on any atom is -0.366 e. The Hall–Kier alpha value is -2.95. The average molecular weight is 350 g/mol. The molecule has 0 fully saturated rings. The maximum absolute atomic E-state index is 13.0. The molecule has 0 bridgehead atoms. The number of nitrogens with zero attached hydrogens (tertiary/aromatic N) is 2. The molecule has 0 aliphatic carbocycles. The van der Waals surface area contributed by atoms with E-state index in [0.29, 0.717) is 12.5 Å². The van der Waals surface area contributed by atoms with E-state index in [1.165, 1.54) is 12.1 Å². The minimum absolute atomic E-state index is 0.232. The number of hydrogen-bond acceptors (Lipinski definition) is 4. The van der Waals surface area contributed by atoms with Crippen molar-refractivity contribution in [3.8, 4) is 11.3 Å². The number of unbranched alkanes of at least 4 members (excludes halogenated alkanes) is 1. The Morgan fingerprint density at radius 3 is 2.42 bits per heavy atom. The van der Waals surface area contributed by atoms with Crippen molar-refractivity contribution in [1.82, 2.24) is 9.97 Å². The first-order chi connectivity index (χ1) is 12.7. The molecule has 0 amide bonds. The summed E-state index contributed by atoms with van der Waals surface area (Å²) in [6, 6.07) is 18.4. The topological polar surface area (TPSA) is 49.8 Å². The second-order valence-electron chi connectivity index (χ2n) is 6.09. The Balaban J connectivity index is 1.80. The van der Waals surface area contributed by atoms with Crippen LogP contribution in [0.1, 0.15) is 25.3 Å². The third-order valence-corrected chi connectivity index (χ3v) is 4.00. The van der Waals surface area contributed by atoms with E-state index in [0.717, 1.165) is 42.0 Å². The van der Waals surface area contributed by atoms with Crippen LogP contribution in [0.3, 0.4) is 0 Å². The highest BCUT2D eigenvalue weighted by Gasteiger charge is 2.07. The fourth-order valence-electron chi connectivity index (χ4n) is 2.55. The van der Waals surface area contributed by atoms with Gasteiger partial charge in [0.2, 0.25) is 5.95 Å². The molecule has 0 aliphatic heterocycles. The van der Waals surface area contributed by atoms with Gasteiger partial charge in [-0.3, -0.25) is 0 Å². The first-order valence-corrected chi connectivity index (χ1v) is 8.91. The van der Waals surface area contributed by atoms with Gasteiger partial charge >= 0.3 is 0 Å². The summed E-state index contributed by atoms with van der Waals surface area (Å²) in [5, 5.41) is 6.60. The quantitative estimate of drug-likeness (QED) is 0.555. The zero-order valence-electron chi connectivity index (χ0n) is 14.9. The predicted molar refractivity (Wildman–Crippen MR) is 105 cm³/mol. The molecular formula is C21H23FN4. The van der Waals surface area contributed by atoms with Crippen LogP contribution >= 0.6 is 0 Å². The molecular weight excluding hydrogens is 327 g/mol. The highest BCUT2D eigenvalue weighted by Crippen LogP contribution is 2.21. The lowest BCUT2D eigenvalue weighted by Crippen LogP contribution is -2.09. The van der Waals surface area contributed by atoms with Gasteiger partial charge in [0.15, 0.2) is 0 Å². The number of halogens is 1. The summed E-state index contributed by atoms with van der Waals surface area (Å²) in [5.41, 5.74) is 2.89. The van der Waals surface area contributed by atoms with Gasteiger partial charge in [-0.15, -0.1) is 0 Å². The molecule has 2 N–H and O–H groups in total. The average Bonchev–Trinajstić information content (AvgIpc) is 2.68. The highest BCUT2D eigenvalue weighted by molar-refractivity contribution is 5.64. The maximum atomic E-state index is 13.0. The van der Waals surface area contributed by atoms with Crippen LogP contribution in [-0.4, -0.2) is 16.5 Å². The molecule has 0 unspecified atom stereocenters. The number of anilines is 2. The summed E-state index contributed by atoms with van der Waals surface area (Å²) in [4.78, 5) is 9.19. The van der Waals surface area contributed by atoms with Crippen LogP contribution < -0.4 is 10.6 Å². The summed E-state index contributed by atoms with van der Waals surface area (Å²) in [6.07, 6.45) is 2.18. The van der Waals surface area contributed by atoms with E-state index < -0.39 is 0 Å². The van der Waals surface area contributed by atoms with Crippen LogP contribution in [0.15, 0.2) is 60.7 Å². The van der Waals surface area contributed by atoms with Crippen molar-refractivity contribution in [3.63, 3.8) is 0 Å². The molecule has 4 nitrogen and oxygen atoms in total. The zero-order chi connectivity index (χ0) is 18.2. The molecule has 1 heterocycles. The predicted octanol–water partition coefficient (Wildman–Crippen LogP) is 5.11. The van der Waals surface area contributed by atoms with Crippen LogP contribution in [0.4, 0.5) is 16.2 Å². The summed E-state index contributed by atoms with van der Waals surface area (Å²) in [5.74, 6) is 1.12. The molecule has 0 saturated carbocycles. The molecule has 3 rings (SSSR count). The van der Waals surface area contributed by atoms with E-state index in [1.54, 1.807) is 12.1 Å². The molecule has 0 aliphatic rings. The summed E-state index contributed by atoms with van der Waals surface area (Å²) in [7, 11) is 0. The maximum Gasteiger partial charge on any atom is 0.225 e. The van der Waals surface area contributed by atoms with Gasteiger partial charge in [-0.2, -0.15) is 4.98 Å². The Morgan fingerprint density at radius 2 is 1.69 bits per heavy atom. The SMILES string of the molecule is CCCCNc1nc(NCc2ccc(F)cc2)cc(-c2ccccc2)n1. The van der Waals surface area contributed by atoms with Crippen molar-refractivity contribution >= 4 is 11.8 Å². The van der Waals surface area contributed by atoms with Crippen molar-refractivity contribution in [2.45, 2.75) is 26.3 Å². The van der Waals surface area contributed by atoms with Crippen LogP contribution in [0.2, 0.25) is 0 Å². The Morgan fingerprint density at radius 1 is 0.923 bits per heavy atom. The molecule has 3 aromatic rings. The molecule has 5 heteroatoms. The van der Waals surface area contributed by atoms with Crippen LogP contribution in [0.25, 0.3) is 11.3 Å². The lowest BCUT2D eigenvalue weighted by molar-refractivity contribution is 0.627. The first kappa shape index (κ1) is 17.9. The van der Waals surface area contributed by atoms with E-state index >= 15 is 0 Å². The monoisotopic (exact) mass is 350 g/mol. The fraction of sp³-hybridized carbons (Fsp3) is 0.238. The number of hydrogen-bond donors (Lipinski definition) is 2. The normalized spacial score (nSPS) is 10.5. The fourth-order valence-corrected chi connectivity index (χ4v) is 2.55. The number of benzene rings is 2. The highest BCUT2D eigenvalue weighted by atomic mass is 19.1. The Kier molecular flexibility index (Phi) is 6.14. The second-order valence-corrected chi connectivity index (χ2v) is 6.09. The lowest BCUT2D eigenvalue weighted by Gasteiger charge is -2.11. The zero-order valence-corrected chi connectivity index (χ0v) is 14.9. The summed E-state index contributed by atoms with van der Waals surface area (Å²) >= 11 is 0. The molecule has 134 valence electrons. The van der Waals surface area contributed by atoms with Crippen LogP contribution in [0, 0.1) is 5.82 Å². The largest absolute Gasteiger partial charge is 0.366 e. The summed E-state index contributed by atoms with van der Waals surface area (Å²) < 4.78 is 13.0. The van der Waals surface area contributed by atoms with Crippen molar-refractivity contribution in [2.75, 3.05) is 17.2 Å². The van der Waals surface area contributed by atoms with E-state index in [9.17, 15) is 4.39 Å². The van der Waals surface area contributed by atoms with Gasteiger partial charge in [0, 0.05) is 24.7 Å². The molecule has 0 atom stereocenters. The van der Waals surface area contributed by atoms with E-state index in [-0.39, 0.29) is 5.82 Å². The smallest absolute Gasteiger partial charge is 0.225 e. The van der Waals surface area contributed by atoms with Gasteiger partial charge in [-0.1, -0.05) is 55.8 Å². The van der Waals surface area contributed by atoms with Gasteiger partial charge < -0.3 is 10.6 Å². The molecule has 1 aromatic heterocycles. The van der Waals surface area contributed by atoms with Gasteiger partial charge in [0.05, 0.1) is 5.69 Å². The van der Waals surface area contributed by atoms with Crippen LogP contribution in [0.5, 0.6) is 0 Å². The molecule has 0 radical (unpaired) electrons. The third kappa shape index (κ3) is 5.02. The Bertz CT molecular complexity index is 819. The standard InChI is InChI=1S/C21H23FN4/c1-2-3-13-23-21-25-19(17-7-5-4-6-8-17)14-20(26-21)24-15-16-9-11-18(22)12-10-16/h4-12,14H,2-3,13,15H2,1H3,(H2,23,24,25,26). The molecule has 26 heavy (non-hydrogen) atoms. The van der Waals surface area contributed by atoms with Gasteiger partial charge in [0.1, 0.15) is 11.6 Å². The van der Waals surface area contributed by atoms with Gasteiger partial charge in [-0.25, -0.2) is 9.37 Å². The molecule has 0 saturated heterocycles. The third-order valence-electron chi connectivity index (χ3n) is 4.00. The Labute approximate surface area is 153 Å². The lowest BCUT2D eigenvalue weighted by atomic mass is 10.1. The van der Waals surface area contributed by atoms with Crippen molar-refractivity contribution in [3.05, 3.63) is 72.0 Å². The van der Waals surface area contributed by atoms with E-state index in [2.05, 4.69) is 27.5 Å². The van der Waals surface area contributed by atoms with Crippen molar-refractivity contribution < 1.29 is 4.39 Å². The van der Waals surface area contributed by atoms with E-state index in [4.69, 9.17) is 0 Å². The summed E-state index contributed by atoms with van der Waals surface area (Å²) in [6.45, 7) is 3.56.